The number of nitrogens with zero attached hydrogens (tertiary/aromatic N) is 2. The number of aryl methyl sites for hydroxylation is 1. The fourth-order valence-electron chi connectivity index (χ4n) is 2.70. The Morgan fingerprint density at radius 2 is 1.94 bits per heavy atom. The van der Waals surface area contributed by atoms with E-state index in [2.05, 4.69) is 26.2 Å². The Kier molecular flexibility index (Phi) is 6.81. The third kappa shape index (κ3) is 5.34. The predicted molar refractivity (Wildman–Crippen MR) is 115 cm³/mol. The van der Waals surface area contributed by atoms with E-state index < -0.39 is 17.4 Å². The van der Waals surface area contributed by atoms with E-state index in [9.17, 15) is 18.8 Å². The van der Waals surface area contributed by atoms with Gasteiger partial charge in [-0.2, -0.15) is 0 Å². The summed E-state index contributed by atoms with van der Waals surface area (Å²) >= 11 is 3.21. The summed E-state index contributed by atoms with van der Waals surface area (Å²) < 4.78 is 20.0. The van der Waals surface area contributed by atoms with E-state index in [1.807, 2.05) is 0 Å². The van der Waals surface area contributed by atoms with Crippen LogP contribution in [0.1, 0.15) is 21.5 Å². The number of primary amides is 1. The van der Waals surface area contributed by atoms with Crippen molar-refractivity contribution in [1.29, 1.82) is 0 Å². The minimum Gasteiger partial charge on any atom is -0.472 e. The zero-order valence-electron chi connectivity index (χ0n) is 16.4. The lowest BCUT2D eigenvalue weighted by Crippen LogP contribution is -2.33. The van der Waals surface area contributed by atoms with Crippen molar-refractivity contribution in [2.24, 2.45) is 5.73 Å². The molecule has 0 aliphatic carbocycles. The van der Waals surface area contributed by atoms with Gasteiger partial charge in [0.1, 0.15) is 23.2 Å². The second-order valence-corrected chi connectivity index (χ2v) is 7.40. The molecule has 0 fully saturated rings. The third-order valence-corrected chi connectivity index (χ3v) is 5.01. The van der Waals surface area contributed by atoms with E-state index in [-0.39, 0.29) is 34.9 Å². The van der Waals surface area contributed by atoms with Gasteiger partial charge in [0.05, 0.1) is 12.2 Å². The van der Waals surface area contributed by atoms with Crippen LogP contribution in [-0.4, -0.2) is 27.9 Å². The van der Waals surface area contributed by atoms with Crippen LogP contribution in [0.25, 0.3) is 5.69 Å². The van der Waals surface area contributed by atoms with Gasteiger partial charge in [-0.3, -0.25) is 19.0 Å². The molecule has 3 aromatic rings. The highest BCUT2D eigenvalue weighted by molar-refractivity contribution is 9.10. The second kappa shape index (κ2) is 9.52. The van der Waals surface area contributed by atoms with Crippen LogP contribution >= 0.6 is 15.9 Å². The summed E-state index contributed by atoms with van der Waals surface area (Å²) in [7, 11) is 0. The van der Waals surface area contributed by atoms with Crippen LogP contribution in [0.5, 0.6) is 5.88 Å². The van der Waals surface area contributed by atoms with Crippen LogP contribution < -0.4 is 21.3 Å². The number of nitrogens with two attached hydrogens (primary N) is 1. The topological polar surface area (TPSA) is 116 Å². The molecule has 2 aromatic carbocycles. The van der Waals surface area contributed by atoms with Crippen LogP contribution in [0, 0.1) is 12.7 Å². The monoisotopic (exact) mass is 488 g/mol. The second-order valence-electron chi connectivity index (χ2n) is 6.60. The van der Waals surface area contributed by atoms with Crippen LogP contribution in [0.3, 0.4) is 0 Å². The lowest BCUT2D eigenvalue weighted by molar-refractivity contribution is -0.117. The van der Waals surface area contributed by atoms with Gasteiger partial charge >= 0.3 is 0 Å². The average molecular weight is 489 g/mol. The molecule has 0 atom stereocenters. The van der Waals surface area contributed by atoms with Gasteiger partial charge in [-0.05, 0) is 58.2 Å². The molecule has 0 bridgehead atoms. The van der Waals surface area contributed by atoms with Crippen molar-refractivity contribution < 1.29 is 18.7 Å². The molecule has 0 spiro atoms. The maximum Gasteiger partial charge on any atom is 0.276 e. The van der Waals surface area contributed by atoms with Gasteiger partial charge in [0.2, 0.25) is 11.8 Å². The van der Waals surface area contributed by atoms with Crippen molar-refractivity contribution >= 4 is 27.7 Å². The normalized spacial score (nSPS) is 10.5. The minimum absolute atomic E-state index is 0.0820. The largest absolute Gasteiger partial charge is 0.472 e. The summed E-state index contributed by atoms with van der Waals surface area (Å²) in [4.78, 5) is 40.1. The van der Waals surface area contributed by atoms with E-state index in [4.69, 9.17) is 10.5 Å². The number of hydrogen-bond acceptors (Lipinski definition) is 5. The standard InChI is InChI=1S/C21H18BrFN4O4/c1-12-2-5-14(19(29)25-9-17(24)28)8-16(12)27-11-26-20(18(22)21(27)30)31-10-13-3-6-15(23)7-4-13/h2-8,11H,9-10H2,1H3,(H2,24,28)(H,25,29). The number of rotatable bonds is 7. The molecule has 0 saturated carbocycles. The third-order valence-electron chi connectivity index (χ3n) is 4.33. The first kappa shape index (κ1) is 22.2. The Bertz CT molecular complexity index is 1190. The van der Waals surface area contributed by atoms with Crippen molar-refractivity contribution in [2.45, 2.75) is 13.5 Å². The summed E-state index contributed by atoms with van der Waals surface area (Å²) in [5, 5.41) is 2.40. The number of carbonyl (C=O) groups excluding carboxylic acids is 2. The molecule has 8 nitrogen and oxygen atoms in total. The number of ether oxygens (including phenoxy) is 1. The number of benzene rings is 2. The Hall–Kier alpha value is -3.53. The van der Waals surface area contributed by atoms with Crippen LogP contribution in [0.4, 0.5) is 4.39 Å². The fourth-order valence-corrected chi connectivity index (χ4v) is 3.11. The number of hydrogen-bond donors (Lipinski definition) is 2. The van der Waals surface area contributed by atoms with Gasteiger partial charge in [0.25, 0.3) is 11.5 Å². The smallest absolute Gasteiger partial charge is 0.276 e. The molecule has 0 radical (unpaired) electrons. The number of halogens is 2. The van der Waals surface area contributed by atoms with Crippen molar-refractivity contribution in [3.05, 3.63) is 86.1 Å². The zero-order chi connectivity index (χ0) is 22.5. The summed E-state index contributed by atoms with van der Waals surface area (Å²) in [5.74, 6) is -1.44. The lowest BCUT2D eigenvalue weighted by atomic mass is 10.1. The maximum absolute atomic E-state index is 13.0. The summed E-state index contributed by atoms with van der Waals surface area (Å²) in [6.45, 7) is 1.58. The quantitative estimate of drug-likeness (QED) is 0.528. The number of amides is 2. The highest BCUT2D eigenvalue weighted by Gasteiger charge is 2.15. The highest BCUT2D eigenvalue weighted by atomic mass is 79.9. The molecule has 160 valence electrons. The van der Waals surface area contributed by atoms with Gasteiger partial charge in [-0.15, -0.1) is 0 Å². The van der Waals surface area contributed by atoms with Crippen LogP contribution in [0.15, 0.2) is 58.1 Å². The summed E-state index contributed by atoms with van der Waals surface area (Å²) in [5.41, 5.74) is 6.73. The molecule has 31 heavy (non-hydrogen) atoms. The molecule has 0 saturated heterocycles. The van der Waals surface area contributed by atoms with Crippen LogP contribution in [0.2, 0.25) is 0 Å². The number of carbonyl (C=O) groups is 2. The van der Waals surface area contributed by atoms with Crippen molar-refractivity contribution in [2.75, 3.05) is 6.54 Å². The molecule has 2 amide bonds. The molecule has 0 aliphatic rings. The molecule has 3 N–H and O–H groups in total. The predicted octanol–water partition coefficient (Wildman–Crippen LogP) is 2.24. The molecule has 1 aromatic heterocycles. The van der Waals surface area contributed by atoms with Gasteiger partial charge in [-0.25, -0.2) is 9.37 Å². The minimum atomic E-state index is -0.665. The van der Waals surface area contributed by atoms with E-state index in [1.54, 1.807) is 31.2 Å². The zero-order valence-corrected chi connectivity index (χ0v) is 18.0. The molecule has 3 rings (SSSR count). The van der Waals surface area contributed by atoms with E-state index in [1.165, 1.54) is 29.1 Å². The number of nitrogens with one attached hydrogen (secondary N) is 1. The number of aromatic nitrogens is 2. The maximum atomic E-state index is 13.0. The fraction of sp³-hybridized carbons (Fsp3) is 0.143. The van der Waals surface area contributed by atoms with Crippen LogP contribution in [-0.2, 0) is 11.4 Å². The van der Waals surface area contributed by atoms with Crippen molar-refractivity contribution in [3.8, 4) is 11.6 Å². The average Bonchev–Trinajstić information content (AvgIpc) is 2.75. The van der Waals surface area contributed by atoms with E-state index >= 15 is 0 Å². The molecular formula is C21H18BrFN4O4. The Morgan fingerprint density at radius 1 is 1.23 bits per heavy atom. The first-order chi connectivity index (χ1) is 14.8. The SMILES string of the molecule is Cc1ccc(C(=O)NCC(N)=O)cc1-n1cnc(OCc2ccc(F)cc2)c(Br)c1=O. The summed E-state index contributed by atoms with van der Waals surface area (Å²) in [6.07, 6.45) is 1.29. The van der Waals surface area contributed by atoms with E-state index in [0.717, 1.165) is 5.56 Å². The Balaban J connectivity index is 1.86. The van der Waals surface area contributed by atoms with Gasteiger partial charge in [-0.1, -0.05) is 18.2 Å². The summed E-state index contributed by atoms with van der Waals surface area (Å²) in [6, 6.07) is 10.5. The van der Waals surface area contributed by atoms with Gasteiger partial charge in [0.15, 0.2) is 0 Å². The first-order valence-electron chi connectivity index (χ1n) is 9.08. The first-order valence-corrected chi connectivity index (χ1v) is 9.87. The molecule has 0 unspecified atom stereocenters. The molecular weight excluding hydrogens is 471 g/mol. The Morgan fingerprint density at radius 3 is 2.61 bits per heavy atom. The molecule has 0 aliphatic heterocycles. The van der Waals surface area contributed by atoms with Crippen molar-refractivity contribution in [3.63, 3.8) is 0 Å². The Labute approximate surface area is 185 Å². The van der Waals surface area contributed by atoms with E-state index in [0.29, 0.717) is 11.3 Å². The van der Waals surface area contributed by atoms with Gasteiger partial charge < -0.3 is 15.8 Å². The highest BCUT2D eigenvalue weighted by Crippen LogP contribution is 2.21. The molecule has 10 heteroatoms. The van der Waals surface area contributed by atoms with Gasteiger partial charge in [0, 0.05) is 5.56 Å². The lowest BCUT2D eigenvalue weighted by Gasteiger charge is -2.13. The van der Waals surface area contributed by atoms with Crippen molar-refractivity contribution in [1.82, 2.24) is 14.9 Å². The molecule has 1 heterocycles.